The van der Waals surface area contributed by atoms with Crippen LogP contribution in [0.4, 0.5) is 0 Å². The van der Waals surface area contributed by atoms with Gasteiger partial charge in [0.05, 0.1) is 26.4 Å². The number of allylic oxidation sites excluding steroid dienone is 2. The Labute approximate surface area is 164 Å². The Kier molecular flexibility index (Phi) is 6.04. The van der Waals surface area contributed by atoms with E-state index in [1.54, 1.807) is 49.6 Å². The summed E-state index contributed by atoms with van der Waals surface area (Å²) in [5.74, 6) is -0.835. The lowest BCUT2D eigenvalue weighted by Crippen LogP contribution is -2.51. The van der Waals surface area contributed by atoms with Crippen molar-refractivity contribution >= 4 is 11.9 Å². The van der Waals surface area contributed by atoms with Crippen molar-refractivity contribution in [2.24, 2.45) is 0 Å². The van der Waals surface area contributed by atoms with Gasteiger partial charge < -0.3 is 24.6 Å². The van der Waals surface area contributed by atoms with Gasteiger partial charge in [-0.1, -0.05) is 24.3 Å². The molecule has 1 amide bonds. The first kappa shape index (κ1) is 19.9. The highest BCUT2D eigenvalue weighted by molar-refractivity contribution is 6.32. The van der Waals surface area contributed by atoms with Crippen LogP contribution in [0.15, 0.2) is 42.5 Å². The third-order valence-electron chi connectivity index (χ3n) is 5.12. The van der Waals surface area contributed by atoms with Crippen molar-refractivity contribution in [3.05, 3.63) is 48.1 Å². The Hall–Kier alpha value is -2.80. The minimum Gasteiger partial charge on any atom is -0.493 e. The molecule has 3 rings (SSSR count). The highest BCUT2D eigenvalue weighted by atomic mass is 16.5. The van der Waals surface area contributed by atoms with Crippen molar-refractivity contribution in [3.8, 4) is 11.5 Å². The van der Waals surface area contributed by atoms with Gasteiger partial charge in [0.2, 0.25) is 0 Å². The van der Waals surface area contributed by atoms with Gasteiger partial charge in [-0.05, 0) is 49.5 Å². The summed E-state index contributed by atoms with van der Waals surface area (Å²) in [7, 11) is 2.69. The smallest absolute Gasteiger partial charge is 0.396 e. The third-order valence-corrected chi connectivity index (χ3v) is 5.12. The van der Waals surface area contributed by atoms with Gasteiger partial charge in [-0.3, -0.25) is 4.79 Å². The first-order valence-electron chi connectivity index (χ1n) is 9.30. The molecule has 2 unspecified atom stereocenters. The zero-order valence-corrected chi connectivity index (χ0v) is 16.0. The molecule has 1 aromatic rings. The number of aliphatic hydroxyl groups is 1. The summed E-state index contributed by atoms with van der Waals surface area (Å²) in [5, 5.41) is 13.9. The molecule has 0 radical (unpaired) electrons. The number of esters is 1. The molecule has 0 aromatic heterocycles. The average molecular weight is 387 g/mol. The van der Waals surface area contributed by atoms with E-state index in [2.05, 4.69) is 10.1 Å². The molecule has 2 N–H and O–H groups in total. The third kappa shape index (κ3) is 4.04. The Bertz CT molecular complexity index is 796. The van der Waals surface area contributed by atoms with Crippen LogP contribution in [0.3, 0.4) is 0 Å². The Morgan fingerprint density at radius 3 is 2.57 bits per heavy atom. The molecule has 1 aromatic carbocycles. The summed E-state index contributed by atoms with van der Waals surface area (Å²) in [6, 6.07) is 4.30. The molecule has 0 bridgehead atoms. The number of ether oxygens (including phenoxy) is 3. The first-order chi connectivity index (χ1) is 13.5. The van der Waals surface area contributed by atoms with Crippen molar-refractivity contribution in [1.29, 1.82) is 0 Å². The van der Waals surface area contributed by atoms with Gasteiger partial charge in [-0.15, -0.1) is 0 Å². The minimum absolute atomic E-state index is 0.121. The lowest BCUT2D eigenvalue weighted by Gasteiger charge is -2.34. The van der Waals surface area contributed by atoms with Crippen LogP contribution in [0, 0.1) is 0 Å². The molecule has 0 spiro atoms. The molecule has 0 saturated heterocycles. The van der Waals surface area contributed by atoms with E-state index in [-0.39, 0.29) is 6.10 Å². The normalized spacial score (nSPS) is 24.0. The second kappa shape index (κ2) is 8.48. The van der Waals surface area contributed by atoms with Crippen LogP contribution in [-0.2, 0) is 19.9 Å². The monoisotopic (exact) mass is 387 g/mol. The molecule has 2 atom stereocenters. The quantitative estimate of drug-likeness (QED) is 0.593. The molecule has 7 nitrogen and oxygen atoms in total. The van der Waals surface area contributed by atoms with Crippen LogP contribution >= 0.6 is 0 Å². The number of amides is 1. The van der Waals surface area contributed by atoms with Crippen LogP contribution in [0.25, 0.3) is 0 Å². The molecule has 28 heavy (non-hydrogen) atoms. The summed E-state index contributed by atoms with van der Waals surface area (Å²) in [5.41, 5.74) is -1.05. The number of carbonyl (C=O) groups excluding carboxylic acids is 2. The molecule has 150 valence electrons. The molecule has 1 saturated carbocycles. The highest BCUT2D eigenvalue weighted by Gasteiger charge is 2.39. The van der Waals surface area contributed by atoms with Crippen molar-refractivity contribution in [2.45, 2.75) is 43.4 Å². The van der Waals surface area contributed by atoms with E-state index in [0.717, 1.165) is 32.8 Å². The fraction of sp³-hybridized carbons (Fsp3) is 0.429. The molecule has 0 heterocycles. The van der Waals surface area contributed by atoms with Gasteiger partial charge in [0.15, 0.2) is 11.5 Å². The zero-order valence-electron chi connectivity index (χ0n) is 16.0. The lowest BCUT2D eigenvalue weighted by molar-refractivity contribution is -0.153. The standard InChI is InChI=1S/C21H25NO6/c1-26-16-11-10-14(13-17(16)28-15-7-3-4-8-15)21(25)12-6-5-9-18(21)22-19(23)20(24)27-2/h5-6,9-13,15,18,25H,3-4,7-8H2,1-2H3,(H,22,23). The lowest BCUT2D eigenvalue weighted by atomic mass is 9.83. The highest BCUT2D eigenvalue weighted by Crippen LogP contribution is 2.38. The van der Waals surface area contributed by atoms with Crippen molar-refractivity contribution in [3.63, 3.8) is 0 Å². The SMILES string of the molecule is COC(=O)C(=O)NC1C=CC=CC1(O)c1ccc(OC)c(OC2CCCC2)c1. The van der Waals surface area contributed by atoms with Crippen molar-refractivity contribution in [2.75, 3.05) is 14.2 Å². The van der Waals surface area contributed by atoms with Crippen LogP contribution in [0.1, 0.15) is 31.2 Å². The summed E-state index contributed by atoms with van der Waals surface area (Å²) in [4.78, 5) is 23.4. The van der Waals surface area contributed by atoms with E-state index in [1.807, 2.05) is 0 Å². The van der Waals surface area contributed by atoms with E-state index in [1.165, 1.54) is 0 Å². The van der Waals surface area contributed by atoms with Crippen LogP contribution in [0.2, 0.25) is 0 Å². The van der Waals surface area contributed by atoms with E-state index in [9.17, 15) is 14.7 Å². The number of methoxy groups -OCH3 is 2. The zero-order chi connectivity index (χ0) is 20.1. The average Bonchev–Trinajstić information content (AvgIpc) is 3.22. The maximum absolute atomic E-state index is 12.0. The molecule has 2 aliphatic rings. The maximum atomic E-state index is 12.0. The fourth-order valence-electron chi connectivity index (χ4n) is 3.56. The van der Waals surface area contributed by atoms with Gasteiger partial charge in [0.1, 0.15) is 5.60 Å². The second-order valence-electron chi connectivity index (χ2n) is 6.90. The summed E-state index contributed by atoms with van der Waals surface area (Å²) < 4.78 is 15.9. The topological polar surface area (TPSA) is 94.1 Å². The van der Waals surface area contributed by atoms with Crippen molar-refractivity contribution < 1.29 is 28.9 Å². The first-order valence-corrected chi connectivity index (χ1v) is 9.30. The molecule has 7 heteroatoms. The summed E-state index contributed by atoms with van der Waals surface area (Å²) in [6.45, 7) is 0. The second-order valence-corrected chi connectivity index (χ2v) is 6.90. The van der Waals surface area contributed by atoms with E-state index in [0.29, 0.717) is 17.1 Å². The largest absolute Gasteiger partial charge is 0.493 e. The van der Waals surface area contributed by atoms with Crippen LogP contribution in [0.5, 0.6) is 11.5 Å². The molecule has 1 fully saturated rings. The predicted octanol–water partition coefficient (Wildman–Crippen LogP) is 1.99. The van der Waals surface area contributed by atoms with Crippen LogP contribution in [-0.4, -0.2) is 43.3 Å². The summed E-state index contributed by atoms with van der Waals surface area (Å²) >= 11 is 0. The van der Waals surface area contributed by atoms with E-state index < -0.39 is 23.5 Å². The Morgan fingerprint density at radius 2 is 1.89 bits per heavy atom. The number of carbonyl (C=O) groups is 2. The number of rotatable bonds is 5. The van der Waals surface area contributed by atoms with E-state index >= 15 is 0 Å². The Morgan fingerprint density at radius 1 is 1.14 bits per heavy atom. The predicted molar refractivity (Wildman–Crippen MR) is 102 cm³/mol. The van der Waals surface area contributed by atoms with Gasteiger partial charge in [-0.25, -0.2) is 4.79 Å². The van der Waals surface area contributed by atoms with Crippen LogP contribution < -0.4 is 14.8 Å². The number of hydrogen-bond acceptors (Lipinski definition) is 6. The van der Waals surface area contributed by atoms with E-state index in [4.69, 9.17) is 9.47 Å². The minimum atomic E-state index is -1.56. The maximum Gasteiger partial charge on any atom is 0.396 e. The molecule has 0 aliphatic heterocycles. The summed E-state index contributed by atoms with van der Waals surface area (Å²) in [6.07, 6.45) is 10.9. The fourth-order valence-corrected chi connectivity index (χ4v) is 3.56. The Balaban J connectivity index is 1.90. The number of nitrogens with one attached hydrogen (secondary N) is 1. The molecular weight excluding hydrogens is 362 g/mol. The molecule has 2 aliphatic carbocycles. The van der Waals surface area contributed by atoms with Gasteiger partial charge in [-0.2, -0.15) is 0 Å². The number of hydrogen-bond donors (Lipinski definition) is 2. The van der Waals surface area contributed by atoms with Gasteiger partial charge in [0, 0.05) is 0 Å². The molecular formula is C21H25NO6. The number of benzene rings is 1. The van der Waals surface area contributed by atoms with Gasteiger partial charge >= 0.3 is 11.9 Å². The van der Waals surface area contributed by atoms with Crippen molar-refractivity contribution in [1.82, 2.24) is 5.32 Å². The van der Waals surface area contributed by atoms with Gasteiger partial charge in [0.25, 0.3) is 0 Å².